The summed E-state index contributed by atoms with van der Waals surface area (Å²) < 4.78 is 0. The highest BCUT2D eigenvalue weighted by molar-refractivity contribution is 5.25. The van der Waals surface area contributed by atoms with Gasteiger partial charge in [0.15, 0.2) is 5.79 Å². The fraction of sp³-hybridized carbons (Fsp3) is 0.923. The Morgan fingerprint density at radius 2 is 1.77 bits per heavy atom. The molecule has 8 atom stereocenters. The number of aliphatic hydroxyl groups excluding tert-OH is 2. The molecule has 4 rings (SSSR count). The molecule has 0 aromatic rings. The Balaban J connectivity index is 1.55. The van der Waals surface area contributed by atoms with E-state index in [-0.39, 0.29) is 22.9 Å². The highest BCUT2D eigenvalue weighted by atomic mass is 16.5. The summed E-state index contributed by atoms with van der Waals surface area (Å²) in [5.41, 5.74) is 1.55. The van der Waals surface area contributed by atoms with Gasteiger partial charge >= 0.3 is 0 Å². The molecule has 30 heavy (non-hydrogen) atoms. The smallest absolute Gasteiger partial charge is 0.192 e. The summed E-state index contributed by atoms with van der Waals surface area (Å²) >= 11 is 0. The van der Waals surface area contributed by atoms with Gasteiger partial charge in [-0.1, -0.05) is 39.3 Å². The second-order valence-corrected chi connectivity index (χ2v) is 12.1. The molecule has 4 nitrogen and oxygen atoms in total. The van der Waals surface area contributed by atoms with Gasteiger partial charge in [0.25, 0.3) is 0 Å². The first-order valence-corrected chi connectivity index (χ1v) is 12.5. The van der Waals surface area contributed by atoms with Gasteiger partial charge in [0.05, 0.1) is 6.10 Å². The van der Waals surface area contributed by atoms with E-state index in [0.717, 1.165) is 57.8 Å². The van der Waals surface area contributed by atoms with Gasteiger partial charge in [-0.25, -0.2) is 0 Å². The monoisotopic (exact) mass is 420 g/mol. The van der Waals surface area contributed by atoms with Gasteiger partial charge in [-0.15, -0.1) is 0 Å². The SMILES string of the molecule is CC(C)CC[C@@H](O)C(O)(O)[C@H]1CC[C@H]2[C@@H]3CC=C4C[C@@H](O)CC[C@]4(C)[C@H]3CC[C@]12C. The number of rotatable bonds is 5. The zero-order chi connectivity index (χ0) is 21.9. The lowest BCUT2D eigenvalue weighted by Gasteiger charge is -2.58. The van der Waals surface area contributed by atoms with Crippen molar-refractivity contribution in [1.29, 1.82) is 0 Å². The third-order valence-electron chi connectivity index (χ3n) is 10.1. The molecule has 0 aromatic carbocycles. The van der Waals surface area contributed by atoms with E-state index < -0.39 is 11.9 Å². The van der Waals surface area contributed by atoms with Gasteiger partial charge in [0.2, 0.25) is 0 Å². The predicted octanol–water partition coefficient (Wildman–Crippen LogP) is 4.40. The predicted molar refractivity (Wildman–Crippen MR) is 118 cm³/mol. The van der Waals surface area contributed by atoms with Crippen LogP contribution in [0.2, 0.25) is 0 Å². The Labute approximate surface area is 182 Å². The zero-order valence-electron chi connectivity index (χ0n) is 19.5. The average Bonchev–Trinajstić information content (AvgIpc) is 3.04. The van der Waals surface area contributed by atoms with Gasteiger partial charge in [0, 0.05) is 5.92 Å². The van der Waals surface area contributed by atoms with Crippen molar-refractivity contribution in [2.45, 2.75) is 110 Å². The molecule has 0 aliphatic heterocycles. The molecular weight excluding hydrogens is 376 g/mol. The third kappa shape index (κ3) is 3.50. The first kappa shape index (κ1) is 22.8. The molecule has 0 saturated heterocycles. The lowest BCUT2D eigenvalue weighted by Crippen LogP contribution is -2.57. The van der Waals surface area contributed by atoms with E-state index in [4.69, 9.17) is 0 Å². The summed E-state index contributed by atoms with van der Waals surface area (Å²) in [6.07, 6.45) is 10.3. The Kier molecular flexibility index (Phi) is 5.97. The Bertz CT molecular complexity index is 670. The van der Waals surface area contributed by atoms with Crippen LogP contribution in [0.15, 0.2) is 11.6 Å². The van der Waals surface area contributed by atoms with E-state index in [9.17, 15) is 20.4 Å². The second kappa shape index (κ2) is 7.86. The van der Waals surface area contributed by atoms with E-state index in [1.165, 1.54) is 5.57 Å². The van der Waals surface area contributed by atoms with Crippen LogP contribution in [0.3, 0.4) is 0 Å². The lowest BCUT2D eigenvalue weighted by atomic mass is 9.47. The van der Waals surface area contributed by atoms with Crippen LogP contribution in [0.25, 0.3) is 0 Å². The Hall–Kier alpha value is -0.420. The van der Waals surface area contributed by atoms with Crippen LogP contribution in [-0.2, 0) is 0 Å². The number of hydrogen-bond acceptors (Lipinski definition) is 4. The van der Waals surface area contributed by atoms with Crippen LogP contribution < -0.4 is 0 Å². The maximum atomic E-state index is 11.1. The molecule has 4 heteroatoms. The van der Waals surface area contributed by atoms with Crippen LogP contribution >= 0.6 is 0 Å². The standard InChI is InChI=1S/C26H44O4/c1-16(2)5-10-23(28)26(29,30)22-9-8-20-19-7-6-17-15-18(27)11-13-24(17,3)21(19)12-14-25(20,22)4/h6,16,18-23,27-30H,5,7-15H2,1-4H3/t18-,19-,20-,21-,22-,23+,24-,25-/m0/s1. The topological polar surface area (TPSA) is 80.9 Å². The molecule has 0 spiro atoms. The fourth-order valence-corrected chi connectivity index (χ4v) is 8.28. The molecule has 3 fully saturated rings. The molecule has 3 saturated carbocycles. The Morgan fingerprint density at radius 3 is 2.47 bits per heavy atom. The minimum atomic E-state index is -2.00. The van der Waals surface area contributed by atoms with Gasteiger partial charge in [-0.2, -0.15) is 0 Å². The van der Waals surface area contributed by atoms with Crippen LogP contribution in [-0.4, -0.2) is 38.4 Å². The van der Waals surface area contributed by atoms with Gasteiger partial charge in [-0.05, 0) is 98.7 Å². The third-order valence-corrected chi connectivity index (χ3v) is 10.1. The summed E-state index contributed by atoms with van der Waals surface area (Å²) in [7, 11) is 0. The minimum absolute atomic E-state index is 0.126. The second-order valence-electron chi connectivity index (χ2n) is 12.1. The average molecular weight is 421 g/mol. The molecule has 0 aromatic heterocycles. The van der Waals surface area contributed by atoms with Crippen LogP contribution in [0.4, 0.5) is 0 Å². The van der Waals surface area contributed by atoms with E-state index >= 15 is 0 Å². The molecule has 4 aliphatic carbocycles. The van der Waals surface area contributed by atoms with Crippen molar-refractivity contribution < 1.29 is 20.4 Å². The van der Waals surface area contributed by atoms with Crippen molar-refractivity contribution in [2.75, 3.05) is 0 Å². The first-order valence-electron chi connectivity index (χ1n) is 12.5. The van der Waals surface area contributed by atoms with Crippen molar-refractivity contribution in [2.24, 2.45) is 40.4 Å². The van der Waals surface area contributed by atoms with Crippen molar-refractivity contribution >= 4 is 0 Å². The van der Waals surface area contributed by atoms with Gasteiger partial charge < -0.3 is 20.4 Å². The highest BCUT2D eigenvalue weighted by Gasteiger charge is 2.63. The molecule has 4 N–H and O–H groups in total. The summed E-state index contributed by atoms with van der Waals surface area (Å²) in [5.74, 6) is -0.112. The number of allylic oxidation sites excluding steroid dienone is 1. The molecule has 0 amide bonds. The van der Waals surface area contributed by atoms with E-state index in [1.54, 1.807) is 0 Å². The van der Waals surface area contributed by atoms with Crippen molar-refractivity contribution in [3.05, 3.63) is 11.6 Å². The summed E-state index contributed by atoms with van der Waals surface area (Å²) in [6.45, 7) is 8.91. The lowest BCUT2D eigenvalue weighted by molar-refractivity contribution is -0.280. The van der Waals surface area contributed by atoms with Crippen molar-refractivity contribution in [1.82, 2.24) is 0 Å². The number of hydrogen-bond donors (Lipinski definition) is 4. The maximum absolute atomic E-state index is 11.1. The highest BCUT2D eigenvalue weighted by Crippen LogP contribution is 2.67. The molecule has 0 bridgehead atoms. The largest absolute Gasteiger partial charge is 0.393 e. The number of aliphatic hydroxyl groups is 4. The molecular formula is C26H44O4. The maximum Gasteiger partial charge on any atom is 0.192 e. The van der Waals surface area contributed by atoms with Crippen LogP contribution in [0.1, 0.15) is 91.9 Å². The molecule has 0 radical (unpaired) electrons. The molecule has 0 heterocycles. The van der Waals surface area contributed by atoms with E-state index in [0.29, 0.717) is 30.1 Å². The summed E-state index contributed by atoms with van der Waals surface area (Å²) in [4.78, 5) is 0. The number of fused-ring (bicyclic) bond motifs is 5. The fourth-order valence-electron chi connectivity index (χ4n) is 8.28. The van der Waals surface area contributed by atoms with E-state index in [2.05, 4.69) is 33.8 Å². The minimum Gasteiger partial charge on any atom is -0.393 e. The van der Waals surface area contributed by atoms with Crippen LogP contribution in [0, 0.1) is 40.4 Å². The van der Waals surface area contributed by atoms with E-state index in [1.807, 2.05) is 0 Å². The quantitative estimate of drug-likeness (QED) is 0.392. The molecule has 172 valence electrons. The van der Waals surface area contributed by atoms with Crippen molar-refractivity contribution in [3.63, 3.8) is 0 Å². The van der Waals surface area contributed by atoms with Gasteiger partial charge in [0.1, 0.15) is 6.10 Å². The molecule has 0 unspecified atom stereocenters. The summed E-state index contributed by atoms with van der Waals surface area (Å²) in [5, 5.41) is 43.2. The Morgan fingerprint density at radius 1 is 1.03 bits per heavy atom. The first-order chi connectivity index (χ1) is 14.0. The molecule has 4 aliphatic rings. The van der Waals surface area contributed by atoms with Crippen LogP contribution in [0.5, 0.6) is 0 Å². The summed E-state index contributed by atoms with van der Waals surface area (Å²) in [6, 6.07) is 0. The normalized spacial score (nSPS) is 44.8. The van der Waals surface area contributed by atoms with Gasteiger partial charge in [-0.3, -0.25) is 0 Å². The van der Waals surface area contributed by atoms with Crippen molar-refractivity contribution in [3.8, 4) is 0 Å². The zero-order valence-corrected chi connectivity index (χ0v) is 19.5.